The topological polar surface area (TPSA) is 52.9 Å². The van der Waals surface area contributed by atoms with E-state index in [-0.39, 0.29) is 5.56 Å². The summed E-state index contributed by atoms with van der Waals surface area (Å²) < 4.78 is 13.7. The number of nitrogens with zero attached hydrogens (tertiary/aromatic N) is 1. The van der Waals surface area contributed by atoms with Gasteiger partial charge < -0.3 is 5.32 Å². The van der Waals surface area contributed by atoms with E-state index in [4.69, 9.17) is 16.9 Å². The lowest BCUT2D eigenvalue weighted by atomic mass is 10.1. The Morgan fingerprint density at radius 3 is 2.74 bits per heavy atom. The van der Waals surface area contributed by atoms with Gasteiger partial charge in [-0.15, -0.1) is 0 Å². The van der Waals surface area contributed by atoms with Crippen LogP contribution in [0.5, 0.6) is 0 Å². The number of rotatable bonds is 4. The molecule has 0 aliphatic heterocycles. The van der Waals surface area contributed by atoms with Gasteiger partial charge in [0.1, 0.15) is 11.9 Å². The molecule has 0 aliphatic rings. The highest BCUT2D eigenvalue weighted by molar-refractivity contribution is 6.31. The molecule has 0 fully saturated rings. The fourth-order valence-corrected chi connectivity index (χ4v) is 2.15. The Hall–Kier alpha value is -2.64. The summed E-state index contributed by atoms with van der Waals surface area (Å²) in [5, 5.41) is 12.2. The Bertz CT molecular complexity index is 796. The molecule has 116 valence electrons. The molecule has 5 heteroatoms. The standard InChI is InChI=1S/C18H14ClFN2O/c1-12-6-7-13(10-15(12)19)8-9-18(23)22-17(11-21)14-4-2-3-5-16(14)20/h2-10,17H,1H3,(H,22,23)/b9-8+. The van der Waals surface area contributed by atoms with Crippen molar-refractivity contribution in [1.82, 2.24) is 5.32 Å². The predicted molar refractivity (Wildman–Crippen MR) is 88.1 cm³/mol. The van der Waals surface area contributed by atoms with Gasteiger partial charge in [-0.2, -0.15) is 5.26 Å². The molecule has 0 aromatic heterocycles. The smallest absolute Gasteiger partial charge is 0.245 e. The van der Waals surface area contributed by atoms with Crippen LogP contribution in [0.2, 0.25) is 5.02 Å². The third kappa shape index (κ3) is 4.41. The molecule has 2 rings (SSSR count). The number of aryl methyl sites for hydroxylation is 1. The quantitative estimate of drug-likeness (QED) is 0.856. The third-order valence-corrected chi connectivity index (χ3v) is 3.66. The van der Waals surface area contributed by atoms with Crippen LogP contribution in [0, 0.1) is 24.1 Å². The molecule has 1 atom stereocenters. The molecule has 0 spiro atoms. The maximum atomic E-state index is 13.7. The zero-order chi connectivity index (χ0) is 16.8. The van der Waals surface area contributed by atoms with E-state index in [1.807, 2.05) is 25.1 Å². The molecule has 2 aromatic carbocycles. The fourth-order valence-electron chi connectivity index (χ4n) is 1.96. The summed E-state index contributed by atoms with van der Waals surface area (Å²) in [6, 6.07) is 12.1. The van der Waals surface area contributed by atoms with E-state index >= 15 is 0 Å². The first-order chi connectivity index (χ1) is 11.0. The van der Waals surface area contributed by atoms with Gasteiger partial charge in [-0.25, -0.2) is 4.39 Å². The molecular formula is C18H14ClFN2O. The summed E-state index contributed by atoms with van der Waals surface area (Å²) in [7, 11) is 0. The molecule has 1 N–H and O–H groups in total. The molecule has 0 aliphatic carbocycles. The van der Waals surface area contributed by atoms with Gasteiger partial charge in [0.05, 0.1) is 6.07 Å². The predicted octanol–water partition coefficient (Wildman–Crippen LogP) is 4.18. The number of halogens is 2. The maximum absolute atomic E-state index is 13.7. The lowest BCUT2D eigenvalue weighted by Crippen LogP contribution is -2.26. The minimum Gasteiger partial charge on any atom is -0.333 e. The van der Waals surface area contributed by atoms with E-state index < -0.39 is 17.8 Å². The number of hydrogen-bond donors (Lipinski definition) is 1. The number of amides is 1. The SMILES string of the molecule is Cc1ccc(/C=C/C(=O)NC(C#N)c2ccccc2F)cc1Cl. The third-order valence-electron chi connectivity index (χ3n) is 3.25. The first-order valence-corrected chi connectivity index (χ1v) is 7.28. The summed E-state index contributed by atoms with van der Waals surface area (Å²) in [6.45, 7) is 1.88. The molecule has 0 bridgehead atoms. The molecule has 23 heavy (non-hydrogen) atoms. The average Bonchev–Trinajstić information content (AvgIpc) is 2.54. The first-order valence-electron chi connectivity index (χ1n) is 6.90. The van der Waals surface area contributed by atoms with Crippen LogP contribution in [0.4, 0.5) is 4.39 Å². The second-order valence-corrected chi connectivity index (χ2v) is 5.34. The molecule has 1 amide bonds. The molecule has 3 nitrogen and oxygen atoms in total. The monoisotopic (exact) mass is 328 g/mol. The van der Waals surface area contributed by atoms with Crippen LogP contribution in [0.1, 0.15) is 22.7 Å². The molecule has 0 heterocycles. The number of nitrogens with one attached hydrogen (secondary N) is 1. The Labute approximate surface area is 139 Å². The summed E-state index contributed by atoms with van der Waals surface area (Å²) in [5.41, 5.74) is 1.84. The van der Waals surface area contributed by atoms with E-state index in [9.17, 15) is 9.18 Å². The largest absolute Gasteiger partial charge is 0.333 e. The highest BCUT2D eigenvalue weighted by Crippen LogP contribution is 2.18. The van der Waals surface area contributed by atoms with Crippen molar-refractivity contribution in [2.24, 2.45) is 0 Å². The van der Waals surface area contributed by atoms with E-state index in [2.05, 4.69) is 5.32 Å². The van der Waals surface area contributed by atoms with Crippen LogP contribution < -0.4 is 5.32 Å². The van der Waals surface area contributed by atoms with Crippen molar-refractivity contribution in [2.75, 3.05) is 0 Å². The Kier molecular flexibility index (Phi) is 5.51. The number of carbonyl (C=O) groups is 1. The van der Waals surface area contributed by atoms with Crippen molar-refractivity contribution in [3.05, 3.63) is 76.1 Å². The van der Waals surface area contributed by atoms with Gasteiger partial charge in [0.2, 0.25) is 5.91 Å². The van der Waals surface area contributed by atoms with Gasteiger partial charge in [0.25, 0.3) is 0 Å². The van der Waals surface area contributed by atoms with Crippen molar-refractivity contribution in [3.63, 3.8) is 0 Å². The van der Waals surface area contributed by atoms with Crippen molar-refractivity contribution < 1.29 is 9.18 Å². The minimum atomic E-state index is -1.05. The lowest BCUT2D eigenvalue weighted by molar-refractivity contribution is -0.116. The second-order valence-electron chi connectivity index (χ2n) is 4.93. The second kappa shape index (κ2) is 7.57. The Morgan fingerprint density at radius 1 is 1.35 bits per heavy atom. The minimum absolute atomic E-state index is 0.134. The fraction of sp³-hybridized carbons (Fsp3) is 0.111. The molecule has 0 radical (unpaired) electrons. The van der Waals surface area contributed by atoms with E-state index in [0.717, 1.165) is 11.1 Å². The Balaban J connectivity index is 2.09. The van der Waals surface area contributed by atoms with E-state index in [1.54, 1.807) is 18.2 Å². The van der Waals surface area contributed by atoms with Gasteiger partial charge in [0.15, 0.2) is 0 Å². The van der Waals surface area contributed by atoms with Crippen LogP contribution in [0.25, 0.3) is 6.08 Å². The number of hydrogen-bond acceptors (Lipinski definition) is 2. The number of nitriles is 1. The van der Waals surface area contributed by atoms with Crippen LogP contribution in [-0.4, -0.2) is 5.91 Å². The molecule has 0 saturated carbocycles. The van der Waals surface area contributed by atoms with Gasteiger partial charge >= 0.3 is 0 Å². The molecule has 0 saturated heterocycles. The van der Waals surface area contributed by atoms with Gasteiger partial charge in [-0.05, 0) is 36.3 Å². The summed E-state index contributed by atoms with van der Waals surface area (Å²) in [6.07, 6.45) is 2.86. The zero-order valence-corrected chi connectivity index (χ0v) is 13.1. The van der Waals surface area contributed by atoms with Crippen molar-refractivity contribution >= 4 is 23.6 Å². The van der Waals surface area contributed by atoms with E-state index in [0.29, 0.717) is 5.02 Å². The zero-order valence-electron chi connectivity index (χ0n) is 12.4. The van der Waals surface area contributed by atoms with Crippen LogP contribution in [0.15, 0.2) is 48.5 Å². The lowest BCUT2D eigenvalue weighted by Gasteiger charge is -2.11. The normalized spacial score (nSPS) is 11.9. The van der Waals surface area contributed by atoms with Crippen molar-refractivity contribution in [2.45, 2.75) is 13.0 Å². The van der Waals surface area contributed by atoms with E-state index in [1.165, 1.54) is 24.3 Å². The van der Waals surface area contributed by atoms with Gasteiger partial charge in [0, 0.05) is 16.7 Å². The number of benzene rings is 2. The number of carbonyl (C=O) groups excluding carboxylic acids is 1. The molecular weight excluding hydrogens is 315 g/mol. The first kappa shape index (κ1) is 16.7. The highest BCUT2D eigenvalue weighted by atomic mass is 35.5. The summed E-state index contributed by atoms with van der Waals surface area (Å²) >= 11 is 6.01. The summed E-state index contributed by atoms with van der Waals surface area (Å²) in [4.78, 5) is 11.9. The highest BCUT2D eigenvalue weighted by Gasteiger charge is 2.15. The average molecular weight is 329 g/mol. The van der Waals surface area contributed by atoms with Gasteiger partial charge in [-0.1, -0.05) is 41.9 Å². The van der Waals surface area contributed by atoms with Crippen molar-refractivity contribution in [3.8, 4) is 6.07 Å². The van der Waals surface area contributed by atoms with Crippen LogP contribution >= 0.6 is 11.6 Å². The van der Waals surface area contributed by atoms with Crippen LogP contribution in [0.3, 0.4) is 0 Å². The molecule has 2 aromatic rings. The van der Waals surface area contributed by atoms with Crippen molar-refractivity contribution in [1.29, 1.82) is 5.26 Å². The Morgan fingerprint density at radius 2 is 2.09 bits per heavy atom. The summed E-state index contributed by atoms with van der Waals surface area (Å²) in [5.74, 6) is -1.02. The van der Waals surface area contributed by atoms with Crippen LogP contribution in [-0.2, 0) is 4.79 Å². The van der Waals surface area contributed by atoms with Gasteiger partial charge in [-0.3, -0.25) is 4.79 Å². The molecule has 1 unspecified atom stereocenters. The maximum Gasteiger partial charge on any atom is 0.245 e.